The van der Waals surface area contributed by atoms with E-state index in [-0.39, 0.29) is 6.10 Å². The molecular formula is C22H31N3O3. The average Bonchev–Trinajstić information content (AvgIpc) is 3.10. The van der Waals surface area contributed by atoms with Crippen LogP contribution in [0.1, 0.15) is 36.1 Å². The van der Waals surface area contributed by atoms with Crippen molar-refractivity contribution in [2.45, 2.75) is 45.5 Å². The molecule has 28 heavy (non-hydrogen) atoms. The van der Waals surface area contributed by atoms with Gasteiger partial charge < -0.3 is 25.7 Å². The SMILES string of the molecule is Cc1cc(N)nc(CO[C@H]2CC[C@H](COCCOCc3cccc(N)c3)C2)c1. The van der Waals surface area contributed by atoms with Crippen molar-refractivity contribution >= 4 is 11.5 Å². The van der Waals surface area contributed by atoms with Gasteiger partial charge in [0.05, 0.1) is 38.2 Å². The molecule has 6 nitrogen and oxygen atoms in total. The van der Waals surface area contributed by atoms with Gasteiger partial charge in [-0.15, -0.1) is 0 Å². The molecule has 3 rings (SSSR count). The average molecular weight is 386 g/mol. The minimum atomic E-state index is 0.275. The van der Waals surface area contributed by atoms with Crippen LogP contribution in [0.3, 0.4) is 0 Å². The first-order valence-corrected chi connectivity index (χ1v) is 9.93. The fraction of sp³-hybridized carbons (Fsp3) is 0.500. The predicted molar refractivity (Wildman–Crippen MR) is 111 cm³/mol. The zero-order valence-electron chi connectivity index (χ0n) is 16.6. The van der Waals surface area contributed by atoms with Gasteiger partial charge in [0.25, 0.3) is 0 Å². The number of nitrogens with zero attached hydrogens (tertiary/aromatic N) is 1. The Kier molecular flexibility index (Phi) is 7.65. The smallest absolute Gasteiger partial charge is 0.123 e. The molecule has 0 amide bonds. The van der Waals surface area contributed by atoms with Crippen molar-refractivity contribution in [1.29, 1.82) is 0 Å². The lowest BCUT2D eigenvalue weighted by molar-refractivity contribution is 0.0177. The summed E-state index contributed by atoms with van der Waals surface area (Å²) in [5.41, 5.74) is 15.4. The molecule has 2 atom stereocenters. The van der Waals surface area contributed by atoms with E-state index in [1.165, 1.54) is 0 Å². The number of rotatable bonds is 10. The molecule has 0 unspecified atom stereocenters. The summed E-state index contributed by atoms with van der Waals surface area (Å²) < 4.78 is 17.5. The topological polar surface area (TPSA) is 92.6 Å². The fourth-order valence-electron chi connectivity index (χ4n) is 3.62. The zero-order valence-corrected chi connectivity index (χ0v) is 16.6. The van der Waals surface area contributed by atoms with Crippen LogP contribution in [-0.2, 0) is 27.4 Å². The third-order valence-electron chi connectivity index (χ3n) is 4.95. The second kappa shape index (κ2) is 10.4. The number of ether oxygens (including phenoxy) is 3. The molecule has 0 aliphatic heterocycles. The van der Waals surface area contributed by atoms with Gasteiger partial charge in [-0.25, -0.2) is 4.98 Å². The summed E-state index contributed by atoms with van der Waals surface area (Å²) >= 11 is 0. The number of benzene rings is 1. The molecule has 0 spiro atoms. The molecule has 0 bridgehead atoms. The highest BCUT2D eigenvalue weighted by Crippen LogP contribution is 2.28. The van der Waals surface area contributed by atoms with Crippen LogP contribution in [0.25, 0.3) is 0 Å². The van der Waals surface area contributed by atoms with Crippen LogP contribution in [0.15, 0.2) is 36.4 Å². The lowest BCUT2D eigenvalue weighted by Crippen LogP contribution is -2.13. The van der Waals surface area contributed by atoms with Gasteiger partial charge in [0.2, 0.25) is 0 Å². The molecule has 1 aliphatic carbocycles. The molecule has 0 saturated heterocycles. The Morgan fingerprint density at radius 3 is 2.71 bits per heavy atom. The second-order valence-corrected chi connectivity index (χ2v) is 7.55. The largest absolute Gasteiger partial charge is 0.399 e. The molecule has 1 fully saturated rings. The first kappa shape index (κ1) is 20.6. The van der Waals surface area contributed by atoms with Gasteiger partial charge in [-0.05, 0) is 67.5 Å². The summed E-state index contributed by atoms with van der Waals surface area (Å²) in [6, 6.07) is 11.6. The van der Waals surface area contributed by atoms with E-state index in [1.807, 2.05) is 43.3 Å². The van der Waals surface area contributed by atoms with E-state index < -0.39 is 0 Å². The summed E-state index contributed by atoms with van der Waals surface area (Å²) in [6.07, 6.45) is 3.52. The minimum absolute atomic E-state index is 0.275. The predicted octanol–water partition coefficient (Wildman–Crippen LogP) is 3.47. The molecule has 1 aliphatic rings. The minimum Gasteiger partial charge on any atom is -0.399 e. The normalized spacial score (nSPS) is 19.2. The Morgan fingerprint density at radius 2 is 1.89 bits per heavy atom. The van der Waals surface area contributed by atoms with E-state index in [4.69, 9.17) is 25.7 Å². The van der Waals surface area contributed by atoms with Gasteiger partial charge in [-0.1, -0.05) is 12.1 Å². The van der Waals surface area contributed by atoms with Gasteiger partial charge in [0.1, 0.15) is 5.82 Å². The van der Waals surface area contributed by atoms with Gasteiger partial charge in [-0.2, -0.15) is 0 Å². The Balaban J connectivity index is 1.25. The fourth-order valence-corrected chi connectivity index (χ4v) is 3.62. The summed E-state index contributed by atoms with van der Waals surface area (Å²) in [7, 11) is 0. The number of nitrogens with two attached hydrogens (primary N) is 2. The van der Waals surface area contributed by atoms with E-state index in [1.54, 1.807) is 0 Å². The number of anilines is 2. The number of nitrogen functional groups attached to an aromatic ring is 2. The molecule has 0 radical (unpaired) electrons. The lowest BCUT2D eigenvalue weighted by Gasteiger charge is -2.13. The number of pyridine rings is 1. The van der Waals surface area contributed by atoms with Crippen molar-refractivity contribution < 1.29 is 14.2 Å². The van der Waals surface area contributed by atoms with E-state index >= 15 is 0 Å². The van der Waals surface area contributed by atoms with Crippen LogP contribution < -0.4 is 11.5 Å². The standard InChI is InChI=1S/C22H31N3O3/c1-16-9-20(25-22(24)10-16)15-28-21-6-5-18(12-21)14-27-8-7-26-13-17-3-2-4-19(23)11-17/h2-4,9-11,18,21H,5-8,12-15,23H2,1H3,(H2,24,25)/t18-,21-/m0/s1. The van der Waals surface area contributed by atoms with Gasteiger partial charge >= 0.3 is 0 Å². The number of aryl methyl sites for hydroxylation is 1. The lowest BCUT2D eigenvalue weighted by atomic mass is 10.1. The molecule has 1 aromatic heterocycles. The van der Waals surface area contributed by atoms with E-state index in [2.05, 4.69) is 4.98 Å². The summed E-state index contributed by atoms with van der Waals surface area (Å²) in [4.78, 5) is 4.33. The summed E-state index contributed by atoms with van der Waals surface area (Å²) in [5, 5.41) is 0. The van der Waals surface area contributed by atoms with Gasteiger partial charge in [-0.3, -0.25) is 0 Å². The van der Waals surface area contributed by atoms with Gasteiger partial charge in [0.15, 0.2) is 0 Å². The van der Waals surface area contributed by atoms with Crippen LogP contribution in [-0.4, -0.2) is 30.9 Å². The van der Waals surface area contributed by atoms with Crippen molar-refractivity contribution in [3.8, 4) is 0 Å². The Morgan fingerprint density at radius 1 is 1.04 bits per heavy atom. The molecule has 1 heterocycles. The van der Waals surface area contributed by atoms with Crippen LogP contribution in [0.5, 0.6) is 0 Å². The summed E-state index contributed by atoms with van der Waals surface area (Å²) in [5.74, 6) is 1.10. The quantitative estimate of drug-likeness (QED) is 0.480. The molecule has 2 aromatic rings. The Labute approximate surface area is 167 Å². The first-order valence-electron chi connectivity index (χ1n) is 9.93. The van der Waals surface area contributed by atoms with E-state index in [0.29, 0.717) is 38.2 Å². The molecule has 1 saturated carbocycles. The van der Waals surface area contributed by atoms with Crippen LogP contribution in [0.2, 0.25) is 0 Å². The molecule has 1 aromatic carbocycles. The van der Waals surface area contributed by atoms with Crippen molar-refractivity contribution in [3.05, 3.63) is 53.2 Å². The molecule has 4 N–H and O–H groups in total. The highest BCUT2D eigenvalue weighted by atomic mass is 16.5. The van der Waals surface area contributed by atoms with Gasteiger partial charge in [0, 0.05) is 12.3 Å². The summed E-state index contributed by atoms with van der Waals surface area (Å²) in [6.45, 7) is 5.05. The highest BCUT2D eigenvalue weighted by molar-refractivity contribution is 5.40. The van der Waals surface area contributed by atoms with Crippen molar-refractivity contribution in [2.24, 2.45) is 5.92 Å². The van der Waals surface area contributed by atoms with Crippen molar-refractivity contribution in [3.63, 3.8) is 0 Å². The van der Waals surface area contributed by atoms with Crippen molar-refractivity contribution in [1.82, 2.24) is 4.98 Å². The Hall–Kier alpha value is -2.15. The zero-order chi connectivity index (χ0) is 19.8. The first-order chi connectivity index (χ1) is 13.6. The Bertz CT molecular complexity index is 733. The maximum atomic E-state index is 6.02. The second-order valence-electron chi connectivity index (χ2n) is 7.55. The third kappa shape index (κ3) is 6.78. The number of aromatic nitrogens is 1. The number of hydrogen-bond donors (Lipinski definition) is 2. The molecule has 6 heteroatoms. The van der Waals surface area contributed by atoms with E-state index in [9.17, 15) is 0 Å². The molecular weight excluding hydrogens is 354 g/mol. The van der Waals surface area contributed by atoms with Crippen LogP contribution in [0, 0.1) is 12.8 Å². The maximum Gasteiger partial charge on any atom is 0.123 e. The van der Waals surface area contributed by atoms with Crippen molar-refractivity contribution in [2.75, 3.05) is 31.3 Å². The van der Waals surface area contributed by atoms with E-state index in [0.717, 1.165) is 48.4 Å². The molecule has 152 valence electrons. The third-order valence-corrected chi connectivity index (χ3v) is 4.95. The van der Waals surface area contributed by atoms with Crippen LogP contribution in [0.4, 0.5) is 11.5 Å². The maximum absolute atomic E-state index is 6.02. The van der Waals surface area contributed by atoms with Crippen LogP contribution >= 0.6 is 0 Å². The monoisotopic (exact) mass is 385 g/mol. The highest BCUT2D eigenvalue weighted by Gasteiger charge is 2.25. The number of hydrogen-bond acceptors (Lipinski definition) is 6.